The molecule has 0 unspecified atom stereocenters. The average molecular weight is 441 g/mol. The minimum Gasteiger partial charge on any atom is -0.494 e. The van der Waals surface area contributed by atoms with Crippen LogP contribution in [0, 0.1) is 5.82 Å². The van der Waals surface area contributed by atoms with Crippen molar-refractivity contribution in [1.82, 2.24) is 15.0 Å². The highest BCUT2D eigenvalue weighted by atomic mass is 35.5. The summed E-state index contributed by atoms with van der Waals surface area (Å²) >= 11 is 6.18. The summed E-state index contributed by atoms with van der Waals surface area (Å²) in [6, 6.07) is 11.4. The Morgan fingerprint density at radius 2 is 2.00 bits per heavy atom. The minimum atomic E-state index is -0.555. The molecule has 9 heteroatoms. The standard InChI is InChI=1S/C22H18ClFN4O3/c1-2-31-17(29)10-12-6-8-13(9-7-12)26-21-19-16(11-25-22(19)30)27-20(28-21)18-14(23)4-3-5-15(18)24/h3-9,11,25,30H,2,10H2,1H3,(H,26,27,28). The molecule has 2 aromatic heterocycles. The number of hydrogen-bond acceptors (Lipinski definition) is 6. The predicted octanol–water partition coefficient (Wildman–Crippen LogP) is 4.97. The van der Waals surface area contributed by atoms with E-state index in [9.17, 15) is 14.3 Å². The first-order chi connectivity index (χ1) is 15.0. The van der Waals surface area contributed by atoms with E-state index in [1.807, 2.05) is 0 Å². The first-order valence-electron chi connectivity index (χ1n) is 9.50. The molecular weight excluding hydrogens is 423 g/mol. The van der Waals surface area contributed by atoms with Crippen LogP contribution in [0.25, 0.3) is 22.3 Å². The highest BCUT2D eigenvalue weighted by Gasteiger charge is 2.18. The maximum atomic E-state index is 14.4. The molecule has 7 nitrogen and oxygen atoms in total. The Morgan fingerprint density at radius 1 is 1.23 bits per heavy atom. The third-order valence-corrected chi connectivity index (χ3v) is 4.89. The fourth-order valence-corrected chi connectivity index (χ4v) is 3.41. The van der Waals surface area contributed by atoms with Gasteiger partial charge in [-0.25, -0.2) is 14.4 Å². The third-order valence-electron chi connectivity index (χ3n) is 4.58. The van der Waals surface area contributed by atoms with Gasteiger partial charge < -0.3 is 20.1 Å². The number of H-pyrrole nitrogens is 1. The van der Waals surface area contributed by atoms with Crippen molar-refractivity contribution in [3.05, 3.63) is 65.1 Å². The summed E-state index contributed by atoms with van der Waals surface area (Å²) in [4.78, 5) is 23.1. The summed E-state index contributed by atoms with van der Waals surface area (Å²) in [5.74, 6) is -0.625. The van der Waals surface area contributed by atoms with Crippen molar-refractivity contribution in [2.45, 2.75) is 13.3 Å². The predicted molar refractivity (Wildman–Crippen MR) is 116 cm³/mol. The van der Waals surface area contributed by atoms with Crippen molar-refractivity contribution in [3.63, 3.8) is 0 Å². The molecule has 0 spiro atoms. The van der Waals surface area contributed by atoms with E-state index in [4.69, 9.17) is 16.3 Å². The number of carbonyl (C=O) groups excluding carboxylic acids is 1. The van der Waals surface area contributed by atoms with Gasteiger partial charge in [0.15, 0.2) is 5.82 Å². The van der Waals surface area contributed by atoms with Gasteiger partial charge in [-0.2, -0.15) is 0 Å². The number of hydrogen-bond donors (Lipinski definition) is 3. The molecule has 0 aliphatic heterocycles. The van der Waals surface area contributed by atoms with Gasteiger partial charge in [0.05, 0.1) is 29.1 Å². The molecule has 2 heterocycles. The molecule has 4 aromatic rings. The second-order valence-electron chi connectivity index (χ2n) is 6.69. The first-order valence-corrected chi connectivity index (χ1v) is 9.88. The van der Waals surface area contributed by atoms with E-state index in [0.29, 0.717) is 23.2 Å². The molecule has 0 atom stereocenters. The summed E-state index contributed by atoms with van der Waals surface area (Å²) in [6.45, 7) is 2.09. The number of nitrogens with one attached hydrogen (secondary N) is 2. The molecule has 31 heavy (non-hydrogen) atoms. The molecule has 0 fully saturated rings. The molecule has 0 amide bonds. The van der Waals surface area contributed by atoms with Crippen LogP contribution in [-0.4, -0.2) is 32.6 Å². The number of ether oxygens (including phenoxy) is 1. The molecule has 2 aromatic carbocycles. The lowest BCUT2D eigenvalue weighted by atomic mass is 10.1. The van der Waals surface area contributed by atoms with Crippen molar-refractivity contribution in [1.29, 1.82) is 0 Å². The van der Waals surface area contributed by atoms with Crippen molar-refractivity contribution in [2.75, 3.05) is 11.9 Å². The Hall–Kier alpha value is -3.65. The van der Waals surface area contributed by atoms with Crippen LogP contribution in [0.4, 0.5) is 15.9 Å². The van der Waals surface area contributed by atoms with Crippen LogP contribution in [-0.2, 0) is 16.0 Å². The number of benzene rings is 2. The first kappa shape index (κ1) is 20.6. The zero-order chi connectivity index (χ0) is 22.0. The van der Waals surface area contributed by atoms with Gasteiger partial charge in [-0.1, -0.05) is 29.8 Å². The van der Waals surface area contributed by atoms with E-state index in [0.717, 1.165) is 5.56 Å². The molecule has 0 aliphatic carbocycles. The Morgan fingerprint density at radius 3 is 2.71 bits per heavy atom. The quantitative estimate of drug-likeness (QED) is 0.366. The average Bonchev–Trinajstić information content (AvgIpc) is 3.11. The number of rotatable bonds is 6. The molecule has 0 bridgehead atoms. The fourth-order valence-electron chi connectivity index (χ4n) is 3.16. The van der Waals surface area contributed by atoms with Crippen LogP contribution in [0.3, 0.4) is 0 Å². The fraction of sp³-hybridized carbons (Fsp3) is 0.136. The van der Waals surface area contributed by atoms with Crippen LogP contribution in [0.15, 0.2) is 48.7 Å². The number of aromatic nitrogens is 3. The Balaban J connectivity index is 1.70. The topological polar surface area (TPSA) is 100 Å². The molecule has 4 rings (SSSR count). The van der Waals surface area contributed by atoms with Gasteiger partial charge in [0, 0.05) is 11.9 Å². The summed E-state index contributed by atoms with van der Waals surface area (Å²) in [6.07, 6.45) is 1.67. The second kappa shape index (κ2) is 8.61. The van der Waals surface area contributed by atoms with Crippen LogP contribution in [0.1, 0.15) is 12.5 Å². The van der Waals surface area contributed by atoms with E-state index in [1.54, 1.807) is 37.3 Å². The monoisotopic (exact) mass is 440 g/mol. The molecule has 3 N–H and O–H groups in total. The number of anilines is 2. The molecular formula is C22H18ClFN4O3. The maximum Gasteiger partial charge on any atom is 0.310 e. The normalized spacial score (nSPS) is 10.9. The van der Waals surface area contributed by atoms with Crippen LogP contribution >= 0.6 is 11.6 Å². The highest BCUT2D eigenvalue weighted by Crippen LogP contribution is 2.35. The van der Waals surface area contributed by atoms with Crippen molar-refractivity contribution < 1.29 is 19.0 Å². The van der Waals surface area contributed by atoms with E-state index in [-0.39, 0.29) is 40.5 Å². The smallest absolute Gasteiger partial charge is 0.310 e. The number of fused-ring (bicyclic) bond motifs is 1. The highest BCUT2D eigenvalue weighted by molar-refractivity contribution is 6.33. The zero-order valence-corrected chi connectivity index (χ0v) is 17.2. The Kier molecular flexibility index (Phi) is 5.73. The lowest BCUT2D eigenvalue weighted by Crippen LogP contribution is -2.07. The number of aromatic hydroxyl groups is 1. The number of carbonyl (C=O) groups is 1. The Labute approximate surface area is 181 Å². The molecule has 158 valence electrons. The third kappa shape index (κ3) is 4.29. The second-order valence-corrected chi connectivity index (χ2v) is 7.10. The summed E-state index contributed by atoms with van der Waals surface area (Å²) in [5, 5.41) is 13.9. The van der Waals surface area contributed by atoms with Gasteiger partial charge in [0.2, 0.25) is 5.88 Å². The van der Waals surface area contributed by atoms with Crippen LogP contribution in [0.2, 0.25) is 5.02 Å². The van der Waals surface area contributed by atoms with Crippen molar-refractivity contribution >= 4 is 40.0 Å². The molecule has 0 radical (unpaired) electrons. The summed E-state index contributed by atoms with van der Waals surface area (Å²) in [5.41, 5.74) is 1.90. The van der Waals surface area contributed by atoms with Crippen LogP contribution < -0.4 is 5.32 Å². The van der Waals surface area contributed by atoms with Gasteiger partial charge in [-0.3, -0.25) is 4.79 Å². The summed E-state index contributed by atoms with van der Waals surface area (Å²) < 4.78 is 19.4. The number of esters is 1. The van der Waals surface area contributed by atoms with E-state index in [2.05, 4.69) is 20.3 Å². The van der Waals surface area contributed by atoms with Crippen molar-refractivity contribution in [2.24, 2.45) is 0 Å². The van der Waals surface area contributed by atoms with E-state index >= 15 is 0 Å². The van der Waals surface area contributed by atoms with Gasteiger partial charge in [-0.15, -0.1) is 0 Å². The largest absolute Gasteiger partial charge is 0.494 e. The van der Waals surface area contributed by atoms with Crippen molar-refractivity contribution in [3.8, 4) is 17.3 Å². The summed E-state index contributed by atoms with van der Waals surface area (Å²) in [7, 11) is 0. The molecule has 0 saturated heterocycles. The van der Waals surface area contributed by atoms with Gasteiger partial charge in [0.25, 0.3) is 0 Å². The van der Waals surface area contributed by atoms with Gasteiger partial charge in [-0.05, 0) is 36.8 Å². The minimum absolute atomic E-state index is 0.0691. The SMILES string of the molecule is CCOC(=O)Cc1ccc(Nc2nc(-c3c(F)cccc3Cl)nc3c[nH]c(O)c23)cc1. The van der Waals surface area contributed by atoms with E-state index in [1.165, 1.54) is 18.3 Å². The molecule has 0 saturated carbocycles. The van der Waals surface area contributed by atoms with Gasteiger partial charge >= 0.3 is 5.97 Å². The Bertz CT molecular complexity index is 1240. The molecule has 0 aliphatic rings. The lowest BCUT2D eigenvalue weighted by Gasteiger charge is -2.11. The van der Waals surface area contributed by atoms with Gasteiger partial charge in [0.1, 0.15) is 17.0 Å². The lowest BCUT2D eigenvalue weighted by molar-refractivity contribution is -0.142. The number of aromatic amines is 1. The maximum absolute atomic E-state index is 14.4. The zero-order valence-electron chi connectivity index (χ0n) is 16.4. The number of halogens is 2. The van der Waals surface area contributed by atoms with E-state index < -0.39 is 5.82 Å². The number of nitrogens with zero attached hydrogens (tertiary/aromatic N) is 2. The van der Waals surface area contributed by atoms with Crippen LogP contribution in [0.5, 0.6) is 5.88 Å².